The molecule has 1 amide bonds. The number of aromatic nitrogens is 1. The van der Waals surface area contributed by atoms with E-state index in [-0.39, 0.29) is 11.4 Å². The zero-order chi connectivity index (χ0) is 16.9. The summed E-state index contributed by atoms with van der Waals surface area (Å²) >= 11 is 3.52. The molecular formula is C18H21BrN4O. The Morgan fingerprint density at radius 3 is 2.79 bits per heavy atom. The summed E-state index contributed by atoms with van der Waals surface area (Å²) in [6.07, 6.45) is 11.3. The van der Waals surface area contributed by atoms with Crippen LogP contribution in [0.4, 0.5) is 0 Å². The fourth-order valence-corrected chi connectivity index (χ4v) is 3.76. The number of halogens is 1. The van der Waals surface area contributed by atoms with E-state index in [1.54, 1.807) is 0 Å². The maximum absolute atomic E-state index is 12.8. The molecule has 1 saturated carbocycles. The molecule has 126 valence electrons. The summed E-state index contributed by atoms with van der Waals surface area (Å²) in [5.74, 6) is -0.0272. The van der Waals surface area contributed by atoms with E-state index in [1.165, 1.54) is 5.57 Å². The number of fused-ring (bicyclic) bond motifs is 1. The van der Waals surface area contributed by atoms with Crippen molar-refractivity contribution in [1.29, 1.82) is 0 Å². The minimum atomic E-state index is -0.160. The van der Waals surface area contributed by atoms with Crippen LogP contribution in [0.1, 0.15) is 29.8 Å². The van der Waals surface area contributed by atoms with Crippen molar-refractivity contribution in [1.82, 2.24) is 20.3 Å². The lowest BCUT2D eigenvalue weighted by molar-refractivity contribution is 0.0930. The van der Waals surface area contributed by atoms with Crippen LogP contribution in [-0.2, 0) is 0 Å². The molecule has 4 rings (SSSR count). The van der Waals surface area contributed by atoms with Gasteiger partial charge in [-0.1, -0.05) is 28.1 Å². The van der Waals surface area contributed by atoms with Crippen molar-refractivity contribution in [2.75, 3.05) is 20.6 Å². The number of likely N-dealkylation sites (N-methyl/N-ethyl adjacent to an activating group) is 1. The first-order chi connectivity index (χ1) is 11.5. The Bertz CT molecular complexity index is 875. The van der Waals surface area contributed by atoms with Crippen molar-refractivity contribution < 1.29 is 4.79 Å². The van der Waals surface area contributed by atoms with Gasteiger partial charge in [0.05, 0.1) is 5.54 Å². The summed E-state index contributed by atoms with van der Waals surface area (Å²) in [5.41, 5.74) is 1.76. The Labute approximate surface area is 149 Å². The first-order valence-corrected chi connectivity index (χ1v) is 9.00. The largest absolute Gasteiger partial charge is 0.351 e. The summed E-state index contributed by atoms with van der Waals surface area (Å²) in [4.78, 5) is 16.0. The molecule has 2 heterocycles. The molecule has 24 heavy (non-hydrogen) atoms. The van der Waals surface area contributed by atoms with Crippen LogP contribution in [0.3, 0.4) is 0 Å². The molecule has 1 fully saturated rings. The highest BCUT2D eigenvalue weighted by molar-refractivity contribution is 9.12. The average molecular weight is 389 g/mol. The number of aromatic amines is 1. The predicted molar refractivity (Wildman–Crippen MR) is 98.5 cm³/mol. The van der Waals surface area contributed by atoms with Crippen molar-refractivity contribution in [2.45, 2.75) is 24.8 Å². The first-order valence-electron chi connectivity index (χ1n) is 8.21. The van der Waals surface area contributed by atoms with Crippen LogP contribution in [0.5, 0.6) is 0 Å². The number of hydrogen-bond donors (Lipinski definition) is 2. The maximum atomic E-state index is 12.8. The minimum absolute atomic E-state index is 0.0272. The molecule has 1 aromatic rings. The van der Waals surface area contributed by atoms with E-state index >= 15 is 0 Å². The third kappa shape index (κ3) is 2.74. The Morgan fingerprint density at radius 2 is 2.12 bits per heavy atom. The summed E-state index contributed by atoms with van der Waals surface area (Å²) < 4.78 is 1.05. The molecule has 0 unspecified atom stereocenters. The van der Waals surface area contributed by atoms with E-state index in [2.05, 4.69) is 61.6 Å². The number of hydrogen-bond acceptors (Lipinski definition) is 3. The van der Waals surface area contributed by atoms with Crippen molar-refractivity contribution in [3.8, 4) is 0 Å². The lowest BCUT2D eigenvalue weighted by Gasteiger charge is -2.20. The lowest BCUT2D eigenvalue weighted by atomic mass is 10.1. The van der Waals surface area contributed by atoms with Gasteiger partial charge in [-0.25, -0.2) is 5.01 Å². The number of carbonyl (C=O) groups is 1. The van der Waals surface area contributed by atoms with Gasteiger partial charge in [0, 0.05) is 41.9 Å². The van der Waals surface area contributed by atoms with Crippen LogP contribution in [0.15, 0.2) is 28.4 Å². The summed E-state index contributed by atoms with van der Waals surface area (Å²) in [6.45, 7) is 0.872. The van der Waals surface area contributed by atoms with Gasteiger partial charge in [-0.3, -0.25) is 4.79 Å². The van der Waals surface area contributed by atoms with Crippen molar-refractivity contribution in [3.05, 3.63) is 44.7 Å². The molecule has 2 aliphatic carbocycles. The summed E-state index contributed by atoms with van der Waals surface area (Å²) in [7, 11) is 4.09. The Kier molecular flexibility index (Phi) is 3.69. The van der Waals surface area contributed by atoms with Crippen LogP contribution in [0, 0.1) is 0 Å². The van der Waals surface area contributed by atoms with Gasteiger partial charge in [-0.15, -0.1) is 0 Å². The number of carbonyl (C=O) groups excluding carboxylic acids is 1. The van der Waals surface area contributed by atoms with Crippen molar-refractivity contribution in [3.63, 3.8) is 0 Å². The molecule has 1 aromatic heterocycles. The van der Waals surface area contributed by atoms with Crippen LogP contribution in [-0.4, -0.2) is 47.1 Å². The smallest absolute Gasteiger partial charge is 0.268 e. The minimum Gasteiger partial charge on any atom is -0.351 e. The van der Waals surface area contributed by atoms with E-state index in [0.29, 0.717) is 5.69 Å². The van der Waals surface area contributed by atoms with Crippen LogP contribution >= 0.6 is 15.9 Å². The predicted octanol–water partition coefficient (Wildman–Crippen LogP) is 1.20. The van der Waals surface area contributed by atoms with Gasteiger partial charge in [-0.2, -0.15) is 0 Å². The third-order valence-electron chi connectivity index (χ3n) is 5.05. The second-order valence-corrected chi connectivity index (χ2v) is 7.72. The number of nitrogens with one attached hydrogen (secondary N) is 2. The van der Waals surface area contributed by atoms with E-state index in [0.717, 1.165) is 40.9 Å². The van der Waals surface area contributed by atoms with Crippen molar-refractivity contribution >= 4 is 34.0 Å². The molecule has 0 aromatic carbocycles. The van der Waals surface area contributed by atoms with Gasteiger partial charge < -0.3 is 15.3 Å². The Hall–Kier alpha value is -1.79. The first kappa shape index (κ1) is 15.7. The number of allylic oxidation sites excluding steroid dienone is 2. The summed E-state index contributed by atoms with van der Waals surface area (Å²) in [5, 5.41) is 9.53. The molecule has 1 aliphatic heterocycles. The Morgan fingerprint density at radius 1 is 1.33 bits per heavy atom. The highest BCUT2D eigenvalue weighted by Gasteiger charge is 2.49. The highest BCUT2D eigenvalue weighted by atomic mass is 79.9. The van der Waals surface area contributed by atoms with Gasteiger partial charge >= 0.3 is 0 Å². The number of H-pyrrole nitrogens is 1. The van der Waals surface area contributed by atoms with Crippen LogP contribution in [0.25, 0.3) is 12.2 Å². The molecule has 6 heteroatoms. The van der Waals surface area contributed by atoms with Gasteiger partial charge in [0.2, 0.25) is 0 Å². The number of rotatable bonds is 3. The fourth-order valence-electron chi connectivity index (χ4n) is 3.33. The van der Waals surface area contributed by atoms with Crippen LogP contribution in [0.2, 0.25) is 0 Å². The second kappa shape index (κ2) is 5.63. The molecule has 3 aliphatic rings. The number of hydrazine groups is 1. The Balaban J connectivity index is 1.57. The van der Waals surface area contributed by atoms with Gasteiger partial charge in [0.1, 0.15) is 5.69 Å². The normalized spacial score (nSPS) is 21.9. The van der Waals surface area contributed by atoms with E-state index in [9.17, 15) is 4.79 Å². The SMILES string of the molecule is CN1C=C(C2(NC(=O)c3cc4c([nH]3)=CCC=C(Br)C=4)CC2)CN1C. The molecule has 2 N–H and O–H groups in total. The van der Waals surface area contributed by atoms with Gasteiger partial charge in [0.15, 0.2) is 0 Å². The number of amides is 1. The standard InChI is InChI=1S/C18H21BrN4O/c1-22-10-13(11-23(22)2)18(6-7-18)21-17(24)16-9-12-8-14(19)4-3-5-15(12)20-16/h4-5,8-10,20H,3,6-7,11H2,1-2H3,(H,21,24). The monoisotopic (exact) mass is 388 g/mol. The molecule has 5 nitrogen and oxygen atoms in total. The second-order valence-electron chi connectivity index (χ2n) is 6.81. The molecule has 0 spiro atoms. The zero-order valence-electron chi connectivity index (χ0n) is 13.9. The van der Waals surface area contributed by atoms with E-state index in [4.69, 9.17) is 0 Å². The molecule has 0 saturated heterocycles. The molecule has 0 radical (unpaired) electrons. The van der Waals surface area contributed by atoms with Gasteiger partial charge in [0.25, 0.3) is 5.91 Å². The topological polar surface area (TPSA) is 51.4 Å². The van der Waals surface area contributed by atoms with Crippen LogP contribution < -0.4 is 15.9 Å². The summed E-state index contributed by atoms with van der Waals surface area (Å²) in [6, 6.07) is 1.93. The lowest BCUT2D eigenvalue weighted by Crippen LogP contribution is -2.40. The molecular weight excluding hydrogens is 368 g/mol. The van der Waals surface area contributed by atoms with E-state index < -0.39 is 0 Å². The fraction of sp³-hybridized carbons (Fsp3) is 0.389. The van der Waals surface area contributed by atoms with E-state index in [1.807, 2.05) is 19.2 Å². The molecule has 0 atom stereocenters. The highest BCUT2D eigenvalue weighted by Crippen LogP contribution is 2.44. The molecule has 0 bridgehead atoms. The maximum Gasteiger partial charge on any atom is 0.268 e. The zero-order valence-corrected chi connectivity index (χ0v) is 15.5. The third-order valence-corrected chi connectivity index (χ3v) is 5.60. The number of nitrogens with zero attached hydrogens (tertiary/aromatic N) is 2. The average Bonchev–Trinajstić information content (AvgIpc) is 3.14. The quantitative estimate of drug-likeness (QED) is 0.817. The van der Waals surface area contributed by atoms with Crippen molar-refractivity contribution in [2.24, 2.45) is 0 Å². The van der Waals surface area contributed by atoms with Gasteiger partial charge in [-0.05, 0) is 37.0 Å².